The summed E-state index contributed by atoms with van der Waals surface area (Å²) in [5.41, 5.74) is 0.959. The Balaban J connectivity index is 1.84. The number of para-hydroxylation sites is 1. The van der Waals surface area contributed by atoms with Crippen molar-refractivity contribution < 1.29 is 13.9 Å². The van der Waals surface area contributed by atoms with E-state index in [4.69, 9.17) is 4.74 Å². The molecule has 1 aliphatic rings. The molecule has 108 valence electrons. The summed E-state index contributed by atoms with van der Waals surface area (Å²) in [6.07, 6.45) is 0.665. The molecular formula is C16H13BrFNO2. The van der Waals surface area contributed by atoms with Crippen LogP contribution in [0.25, 0.3) is 0 Å². The standard InChI is InChI=1S/C16H13BrFNO2/c17-10-5-6-13(18)12(9-10)16(20)19-14-7-8-21-15-4-2-1-3-11(14)15/h1-6,9,14H,7-8H2,(H,19,20). The van der Waals surface area contributed by atoms with Crippen molar-refractivity contribution in [2.75, 3.05) is 6.61 Å². The number of benzene rings is 2. The Morgan fingerprint density at radius 3 is 2.95 bits per heavy atom. The zero-order chi connectivity index (χ0) is 14.8. The van der Waals surface area contributed by atoms with Crippen LogP contribution >= 0.6 is 15.9 Å². The Morgan fingerprint density at radius 1 is 1.29 bits per heavy atom. The fraction of sp³-hybridized carbons (Fsp3) is 0.188. The molecular weight excluding hydrogens is 337 g/mol. The first-order valence-corrected chi connectivity index (χ1v) is 7.42. The second-order valence-electron chi connectivity index (χ2n) is 4.83. The first kappa shape index (κ1) is 14.1. The lowest BCUT2D eigenvalue weighted by Crippen LogP contribution is -2.32. The monoisotopic (exact) mass is 349 g/mol. The molecule has 0 saturated heterocycles. The van der Waals surface area contributed by atoms with Gasteiger partial charge in [0.2, 0.25) is 0 Å². The molecule has 0 aliphatic carbocycles. The van der Waals surface area contributed by atoms with Gasteiger partial charge in [-0.3, -0.25) is 4.79 Å². The zero-order valence-corrected chi connectivity index (χ0v) is 12.7. The fourth-order valence-corrected chi connectivity index (χ4v) is 2.76. The minimum Gasteiger partial charge on any atom is -0.493 e. The van der Waals surface area contributed by atoms with Gasteiger partial charge in [-0.25, -0.2) is 4.39 Å². The fourth-order valence-electron chi connectivity index (χ4n) is 2.40. The van der Waals surface area contributed by atoms with E-state index in [1.54, 1.807) is 6.07 Å². The van der Waals surface area contributed by atoms with Gasteiger partial charge in [-0.05, 0) is 24.3 Å². The highest BCUT2D eigenvalue weighted by Crippen LogP contribution is 2.31. The number of fused-ring (bicyclic) bond motifs is 1. The third-order valence-electron chi connectivity index (χ3n) is 3.44. The number of ether oxygens (including phenoxy) is 1. The van der Waals surface area contributed by atoms with Crippen LogP contribution in [0.3, 0.4) is 0 Å². The summed E-state index contributed by atoms with van der Waals surface area (Å²) in [6.45, 7) is 0.531. The van der Waals surface area contributed by atoms with E-state index in [1.807, 2.05) is 24.3 Å². The Morgan fingerprint density at radius 2 is 2.10 bits per heavy atom. The molecule has 0 aromatic heterocycles. The predicted octanol–water partition coefficient (Wildman–Crippen LogP) is 3.84. The van der Waals surface area contributed by atoms with Gasteiger partial charge in [0.05, 0.1) is 18.2 Å². The molecule has 1 N–H and O–H groups in total. The van der Waals surface area contributed by atoms with Crippen LogP contribution in [-0.2, 0) is 0 Å². The Bertz CT molecular complexity index is 690. The average Bonchev–Trinajstić information content (AvgIpc) is 2.50. The number of rotatable bonds is 2. The SMILES string of the molecule is O=C(NC1CCOc2ccccc21)c1cc(Br)ccc1F. The highest BCUT2D eigenvalue weighted by atomic mass is 79.9. The van der Waals surface area contributed by atoms with Gasteiger partial charge in [-0.2, -0.15) is 0 Å². The van der Waals surface area contributed by atoms with Gasteiger partial charge in [0.15, 0.2) is 0 Å². The molecule has 0 radical (unpaired) electrons. The van der Waals surface area contributed by atoms with Crippen LogP contribution in [0.5, 0.6) is 5.75 Å². The molecule has 0 spiro atoms. The summed E-state index contributed by atoms with van der Waals surface area (Å²) < 4.78 is 20.0. The summed E-state index contributed by atoms with van der Waals surface area (Å²) in [5.74, 6) is -0.185. The van der Waals surface area contributed by atoms with Crippen LogP contribution in [0.15, 0.2) is 46.9 Å². The molecule has 1 atom stereocenters. The number of halogens is 2. The van der Waals surface area contributed by atoms with Crippen molar-refractivity contribution in [2.24, 2.45) is 0 Å². The third kappa shape index (κ3) is 2.93. The molecule has 3 rings (SSSR count). The van der Waals surface area contributed by atoms with E-state index in [0.29, 0.717) is 17.5 Å². The third-order valence-corrected chi connectivity index (χ3v) is 3.93. The number of carbonyl (C=O) groups excluding carboxylic acids is 1. The van der Waals surface area contributed by atoms with Gasteiger partial charge in [0.25, 0.3) is 5.91 Å². The number of nitrogens with one attached hydrogen (secondary N) is 1. The maximum atomic E-state index is 13.8. The van der Waals surface area contributed by atoms with Gasteiger partial charge >= 0.3 is 0 Å². The summed E-state index contributed by atoms with van der Waals surface area (Å²) in [7, 11) is 0. The minimum atomic E-state index is -0.531. The lowest BCUT2D eigenvalue weighted by molar-refractivity contribution is 0.0920. The number of hydrogen-bond donors (Lipinski definition) is 1. The Hall–Kier alpha value is -1.88. The summed E-state index contributed by atoms with van der Waals surface area (Å²) in [6, 6.07) is 11.7. The summed E-state index contributed by atoms with van der Waals surface area (Å²) in [4.78, 5) is 12.3. The first-order valence-electron chi connectivity index (χ1n) is 6.63. The van der Waals surface area contributed by atoms with E-state index in [0.717, 1.165) is 11.3 Å². The van der Waals surface area contributed by atoms with E-state index < -0.39 is 11.7 Å². The van der Waals surface area contributed by atoms with Crippen molar-refractivity contribution in [2.45, 2.75) is 12.5 Å². The average molecular weight is 350 g/mol. The van der Waals surface area contributed by atoms with Gasteiger partial charge in [0.1, 0.15) is 11.6 Å². The maximum absolute atomic E-state index is 13.8. The van der Waals surface area contributed by atoms with E-state index in [-0.39, 0.29) is 11.6 Å². The highest BCUT2D eigenvalue weighted by molar-refractivity contribution is 9.10. The second-order valence-corrected chi connectivity index (χ2v) is 5.74. The van der Waals surface area contributed by atoms with Gasteiger partial charge in [-0.15, -0.1) is 0 Å². The molecule has 1 unspecified atom stereocenters. The lowest BCUT2D eigenvalue weighted by Gasteiger charge is -2.26. The van der Waals surface area contributed by atoms with Gasteiger partial charge in [0, 0.05) is 16.5 Å². The van der Waals surface area contributed by atoms with Crippen molar-refractivity contribution in [3.05, 3.63) is 63.9 Å². The lowest BCUT2D eigenvalue weighted by atomic mass is 10.00. The molecule has 3 nitrogen and oxygen atoms in total. The predicted molar refractivity (Wildman–Crippen MR) is 80.9 cm³/mol. The van der Waals surface area contributed by atoms with Crippen LogP contribution in [0.1, 0.15) is 28.4 Å². The molecule has 0 bridgehead atoms. The van der Waals surface area contributed by atoms with Crippen LogP contribution < -0.4 is 10.1 Å². The van der Waals surface area contributed by atoms with Crippen molar-refractivity contribution in [3.63, 3.8) is 0 Å². The van der Waals surface area contributed by atoms with E-state index in [2.05, 4.69) is 21.2 Å². The largest absolute Gasteiger partial charge is 0.493 e. The first-order chi connectivity index (χ1) is 10.1. The van der Waals surface area contributed by atoms with E-state index in [9.17, 15) is 9.18 Å². The topological polar surface area (TPSA) is 38.3 Å². The number of carbonyl (C=O) groups is 1. The molecule has 1 amide bonds. The Labute approximate surface area is 130 Å². The molecule has 0 saturated carbocycles. The van der Waals surface area contributed by atoms with Crippen LogP contribution in [0.2, 0.25) is 0 Å². The zero-order valence-electron chi connectivity index (χ0n) is 11.1. The van der Waals surface area contributed by atoms with E-state index >= 15 is 0 Å². The van der Waals surface area contributed by atoms with Crippen LogP contribution in [0.4, 0.5) is 4.39 Å². The molecule has 5 heteroatoms. The smallest absolute Gasteiger partial charge is 0.254 e. The number of amides is 1. The van der Waals surface area contributed by atoms with Crippen molar-refractivity contribution in [3.8, 4) is 5.75 Å². The van der Waals surface area contributed by atoms with Crippen LogP contribution in [-0.4, -0.2) is 12.5 Å². The van der Waals surface area contributed by atoms with Gasteiger partial charge in [-0.1, -0.05) is 34.1 Å². The minimum absolute atomic E-state index is 0.0355. The quantitative estimate of drug-likeness (QED) is 0.894. The molecule has 21 heavy (non-hydrogen) atoms. The highest BCUT2D eigenvalue weighted by Gasteiger charge is 2.24. The molecule has 1 aliphatic heterocycles. The molecule has 2 aromatic carbocycles. The second kappa shape index (κ2) is 5.85. The van der Waals surface area contributed by atoms with Crippen LogP contribution in [0, 0.1) is 5.82 Å². The van der Waals surface area contributed by atoms with Crippen molar-refractivity contribution in [1.29, 1.82) is 0 Å². The molecule has 1 heterocycles. The summed E-state index contributed by atoms with van der Waals surface area (Å²) in [5, 5.41) is 2.88. The van der Waals surface area contributed by atoms with Gasteiger partial charge < -0.3 is 10.1 Å². The maximum Gasteiger partial charge on any atom is 0.254 e. The van der Waals surface area contributed by atoms with Crippen molar-refractivity contribution in [1.82, 2.24) is 5.32 Å². The molecule has 0 fully saturated rings. The number of hydrogen-bond acceptors (Lipinski definition) is 2. The summed E-state index contributed by atoms with van der Waals surface area (Å²) >= 11 is 3.25. The molecule has 2 aromatic rings. The normalized spacial score (nSPS) is 16.8. The Kier molecular flexibility index (Phi) is 3.92. The van der Waals surface area contributed by atoms with Crippen molar-refractivity contribution >= 4 is 21.8 Å². The van der Waals surface area contributed by atoms with E-state index in [1.165, 1.54) is 12.1 Å².